The second-order valence-corrected chi connectivity index (χ2v) is 9.76. The highest BCUT2D eigenvalue weighted by atomic mass is 32.2. The standard InChI is InChI=1S/C15H32N2O2S/c1-15(2,3)20(18,19)13-12-17(11-7-10-16)14-8-5-4-6-9-14/h14H,4-13,16H2,1-3H3. The van der Waals surface area contributed by atoms with E-state index in [2.05, 4.69) is 4.90 Å². The highest BCUT2D eigenvalue weighted by molar-refractivity contribution is 7.92. The summed E-state index contributed by atoms with van der Waals surface area (Å²) in [5, 5.41) is 0. The largest absolute Gasteiger partial charge is 0.330 e. The van der Waals surface area contributed by atoms with Crippen molar-refractivity contribution in [3.8, 4) is 0 Å². The Balaban J connectivity index is 2.60. The van der Waals surface area contributed by atoms with Gasteiger partial charge >= 0.3 is 0 Å². The van der Waals surface area contributed by atoms with Crippen molar-refractivity contribution in [2.75, 3.05) is 25.4 Å². The summed E-state index contributed by atoms with van der Waals surface area (Å²) in [5.41, 5.74) is 5.61. The van der Waals surface area contributed by atoms with Crippen LogP contribution in [0.4, 0.5) is 0 Å². The molecule has 0 amide bonds. The summed E-state index contributed by atoms with van der Waals surface area (Å²) >= 11 is 0. The van der Waals surface area contributed by atoms with Gasteiger partial charge in [0.05, 0.1) is 10.5 Å². The quantitative estimate of drug-likeness (QED) is 0.783. The normalized spacial score (nSPS) is 18.6. The van der Waals surface area contributed by atoms with Crippen LogP contribution < -0.4 is 5.73 Å². The average molecular weight is 305 g/mol. The van der Waals surface area contributed by atoms with Crippen LogP contribution in [0.3, 0.4) is 0 Å². The van der Waals surface area contributed by atoms with Crippen LogP contribution in [0, 0.1) is 0 Å². The van der Waals surface area contributed by atoms with Crippen molar-refractivity contribution in [3.05, 3.63) is 0 Å². The fraction of sp³-hybridized carbons (Fsp3) is 1.00. The van der Waals surface area contributed by atoms with E-state index in [4.69, 9.17) is 5.73 Å². The first-order valence-corrected chi connectivity index (χ1v) is 9.59. The summed E-state index contributed by atoms with van der Waals surface area (Å²) in [6, 6.07) is 0.561. The molecule has 20 heavy (non-hydrogen) atoms. The molecule has 4 nitrogen and oxygen atoms in total. The van der Waals surface area contributed by atoms with E-state index in [1.165, 1.54) is 32.1 Å². The molecule has 120 valence electrons. The van der Waals surface area contributed by atoms with Crippen LogP contribution >= 0.6 is 0 Å². The minimum Gasteiger partial charge on any atom is -0.330 e. The Morgan fingerprint density at radius 3 is 2.20 bits per heavy atom. The van der Waals surface area contributed by atoms with Crippen LogP contribution in [-0.2, 0) is 9.84 Å². The molecular formula is C15H32N2O2S. The second-order valence-electron chi connectivity index (χ2n) is 6.90. The zero-order valence-corrected chi connectivity index (χ0v) is 14.2. The molecule has 1 rings (SSSR count). The minimum atomic E-state index is -3.03. The minimum absolute atomic E-state index is 0.261. The van der Waals surface area contributed by atoms with Gasteiger partial charge in [-0.25, -0.2) is 8.42 Å². The molecule has 0 bridgehead atoms. The third kappa shape index (κ3) is 5.34. The Morgan fingerprint density at radius 1 is 1.10 bits per heavy atom. The highest BCUT2D eigenvalue weighted by Crippen LogP contribution is 2.23. The molecule has 0 unspecified atom stereocenters. The van der Waals surface area contributed by atoms with E-state index in [0.717, 1.165) is 13.0 Å². The van der Waals surface area contributed by atoms with Crippen LogP contribution in [0.25, 0.3) is 0 Å². The van der Waals surface area contributed by atoms with Gasteiger partial charge in [-0.05, 0) is 53.1 Å². The molecule has 0 saturated heterocycles. The first-order chi connectivity index (χ1) is 9.28. The molecule has 1 saturated carbocycles. The van der Waals surface area contributed by atoms with Gasteiger partial charge in [0.1, 0.15) is 0 Å². The van der Waals surface area contributed by atoms with E-state index in [1.807, 2.05) is 0 Å². The van der Waals surface area contributed by atoms with Gasteiger partial charge in [-0.1, -0.05) is 19.3 Å². The lowest BCUT2D eigenvalue weighted by Crippen LogP contribution is -2.43. The van der Waals surface area contributed by atoms with Gasteiger partial charge in [0.25, 0.3) is 0 Å². The van der Waals surface area contributed by atoms with E-state index in [-0.39, 0.29) is 5.75 Å². The molecule has 2 N–H and O–H groups in total. The molecule has 1 aliphatic carbocycles. The smallest absolute Gasteiger partial charge is 0.156 e. The van der Waals surface area contributed by atoms with E-state index in [0.29, 0.717) is 19.1 Å². The van der Waals surface area contributed by atoms with Crippen molar-refractivity contribution in [2.24, 2.45) is 5.73 Å². The second kappa shape index (κ2) is 7.76. The summed E-state index contributed by atoms with van der Waals surface area (Å²) < 4.78 is 23.9. The first-order valence-electron chi connectivity index (χ1n) is 7.94. The molecule has 1 aliphatic rings. The predicted octanol–water partition coefficient (Wildman–Crippen LogP) is 2.18. The molecule has 0 aromatic heterocycles. The Morgan fingerprint density at radius 2 is 1.70 bits per heavy atom. The summed E-state index contributed by atoms with van der Waals surface area (Å²) in [4.78, 5) is 2.37. The van der Waals surface area contributed by atoms with Gasteiger partial charge in [0.15, 0.2) is 9.84 Å². The van der Waals surface area contributed by atoms with Gasteiger partial charge < -0.3 is 5.73 Å². The lowest BCUT2D eigenvalue weighted by atomic mass is 9.94. The molecular weight excluding hydrogens is 272 g/mol. The van der Waals surface area contributed by atoms with Crippen molar-refractivity contribution in [2.45, 2.75) is 70.1 Å². The average Bonchev–Trinajstić information content (AvgIpc) is 2.38. The predicted molar refractivity (Wildman–Crippen MR) is 85.7 cm³/mol. The maximum absolute atomic E-state index is 12.3. The van der Waals surface area contributed by atoms with Gasteiger partial charge in [-0.15, -0.1) is 0 Å². The Kier molecular flexibility index (Phi) is 6.95. The van der Waals surface area contributed by atoms with Crippen LogP contribution in [0.15, 0.2) is 0 Å². The monoisotopic (exact) mass is 304 g/mol. The van der Waals surface area contributed by atoms with Crippen molar-refractivity contribution in [1.82, 2.24) is 4.90 Å². The maximum atomic E-state index is 12.3. The van der Waals surface area contributed by atoms with Crippen LogP contribution in [0.5, 0.6) is 0 Å². The Bertz CT molecular complexity index is 368. The molecule has 0 aromatic rings. The van der Waals surface area contributed by atoms with Crippen LogP contribution in [0.2, 0.25) is 0 Å². The van der Waals surface area contributed by atoms with Gasteiger partial charge in [-0.2, -0.15) is 0 Å². The third-order valence-corrected chi connectivity index (χ3v) is 6.91. The van der Waals surface area contributed by atoms with Crippen LogP contribution in [0.1, 0.15) is 59.3 Å². The Hall–Kier alpha value is -0.130. The van der Waals surface area contributed by atoms with Crippen molar-refractivity contribution >= 4 is 9.84 Å². The molecule has 0 aromatic carbocycles. The van der Waals surface area contributed by atoms with E-state index < -0.39 is 14.6 Å². The maximum Gasteiger partial charge on any atom is 0.156 e. The van der Waals surface area contributed by atoms with Crippen molar-refractivity contribution < 1.29 is 8.42 Å². The number of hydrogen-bond acceptors (Lipinski definition) is 4. The number of nitrogens with two attached hydrogens (primary N) is 1. The molecule has 0 heterocycles. The number of nitrogens with zero attached hydrogens (tertiary/aromatic N) is 1. The van der Waals surface area contributed by atoms with Gasteiger partial charge in [0, 0.05) is 12.6 Å². The summed E-state index contributed by atoms with van der Waals surface area (Å²) in [5.74, 6) is 0.261. The molecule has 1 fully saturated rings. The molecule has 0 spiro atoms. The third-order valence-electron chi connectivity index (χ3n) is 4.32. The topological polar surface area (TPSA) is 63.4 Å². The molecule has 0 atom stereocenters. The first kappa shape index (κ1) is 17.9. The van der Waals surface area contributed by atoms with E-state index in [1.54, 1.807) is 20.8 Å². The van der Waals surface area contributed by atoms with Crippen LogP contribution in [-0.4, -0.2) is 49.5 Å². The highest BCUT2D eigenvalue weighted by Gasteiger charge is 2.30. The zero-order valence-electron chi connectivity index (χ0n) is 13.4. The fourth-order valence-electron chi connectivity index (χ4n) is 2.76. The SMILES string of the molecule is CC(C)(C)S(=O)(=O)CCN(CCCN)C1CCCCC1. The van der Waals surface area contributed by atoms with E-state index in [9.17, 15) is 8.42 Å². The summed E-state index contributed by atoms with van der Waals surface area (Å²) in [6.07, 6.45) is 7.24. The van der Waals surface area contributed by atoms with Gasteiger partial charge in [-0.3, -0.25) is 4.90 Å². The number of sulfone groups is 1. The summed E-state index contributed by atoms with van der Waals surface area (Å²) in [6.45, 7) is 7.62. The number of rotatable bonds is 7. The molecule has 0 radical (unpaired) electrons. The number of hydrogen-bond donors (Lipinski definition) is 1. The van der Waals surface area contributed by atoms with E-state index >= 15 is 0 Å². The fourth-order valence-corrected chi connectivity index (χ4v) is 3.85. The molecule has 0 aliphatic heterocycles. The zero-order chi connectivity index (χ0) is 15.2. The Labute approximate surface area is 125 Å². The molecule has 5 heteroatoms. The summed E-state index contributed by atoms with van der Waals surface area (Å²) in [7, 11) is -3.03. The van der Waals surface area contributed by atoms with Crippen molar-refractivity contribution in [3.63, 3.8) is 0 Å². The lowest BCUT2D eigenvalue weighted by molar-refractivity contribution is 0.163. The lowest BCUT2D eigenvalue weighted by Gasteiger charge is -2.35. The van der Waals surface area contributed by atoms with Crippen molar-refractivity contribution in [1.29, 1.82) is 0 Å². The van der Waals surface area contributed by atoms with Gasteiger partial charge in [0.2, 0.25) is 0 Å².